The number of likely N-dealkylation sites (N-methyl/N-ethyl adjacent to an activating group) is 1. The fraction of sp³-hybridized carbons (Fsp3) is 0.276. The van der Waals surface area contributed by atoms with Crippen molar-refractivity contribution in [2.75, 3.05) is 36.9 Å². The van der Waals surface area contributed by atoms with Crippen molar-refractivity contribution in [3.8, 4) is 0 Å². The quantitative estimate of drug-likeness (QED) is 0.494. The fourth-order valence-electron chi connectivity index (χ4n) is 4.86. The number of hydrogen-bond acceptors (Lipinski definition) is 4. The van der Waals surface area contributed by atoms with E-state index >= 15 is 0 Å². The molecule has 2 heterocycles. The number of benzene rings is 3. The minimum absolute atomic E-state index is 0.0598. The first-order valence-electron chi connectivity index (χ1n) is 12.3. The van der Waals surface area contributed by atoms with Crippen molar-refractivity contribution >= 4 is 34.6 Å². The second-order valence-corrected chi connectivity index (χ2v) is 9.32. The van der Waals surface area contributed by atoms with Crippen LogP contribution in [0.4, 0.5) is 21.5 Å². The Bertz CT molecular complexity index is 1280. The van der Waals surface area contributed by atoms with Gasteiger partial charge in [0.1, 0.15) is 11.7 Å². The molecule has 36 heavy (non-hydrogen) atoms. The van der Waals surface area contributed by atoms with Crippen LogP contribution in [-0.4, -0.2) is 49.1 Å². The molecule has 0 saturated carbocycles. The molecule has 3 aromatic carbocycles. The van der Waals surface area contributed by atoms with E-state index in [2.05, 4.69) is 10.2 Å². The van der Waals surface area contributed by atoms with Crippen LogP contribution in [0.3, 0.4) is 0 Å². The molecule has 3 aromatic rings. The SMILES string of the molecule is CN(C(=O)CN1CCCCC1)c1ccc(N=C(c2ccccc2)C2C(=O)Nc3cc(F)ccc32)cc1. The summed E-state index contributed by atoms with van der Waals surface area (Å²) in [7, 11) is 1.79. The molecule has 7 heteroatoms. The molecule has 5 rings (SSSR count). The molecule has 1 N–H and O–H groups in total. The van der Waals surface area contributed by atoms with Gasteiger partial charge in [-0.15, -0.1) is 0 Å². The Kier molecular flexibility index (Phi) is 6.91. The number of fused-ring (bicyclic) bond motifs is 1. The largest absolute Gasteiger partial charge is 0.325 e. The zero-order valence-electron chi connectivity index (χ0n) is 20.3. The van der Waals surface area contributed by atoms with Gasteiger partial charge in [-0.25, -0.2) is 4.39 Å². The molecule has 2 aliphatic rings. The third-order valence-electron chi connectivity index (χ3n) is 6.86. The van der Waals surface area contributed by atoms with Gasteiger partial charge in [-0.05, 0) is 73.5 Å². The lowest BCUT2D eigenvalue weighted by Gasteiger charge is -2.28. The normalized spacial score (nSPS) is 18.0. The first-order valence-corrected chi connectivity index (χ1v) is 12.3. The number of carbonyl (C=O) groups is 2. The molecule has 2 amide bonds. The Hall–Kier alpha value is -3.84. The van der Waals surface area contributed by atoms with Crippen molar-refractivity contribution in [3.05, 3.63) is 89.7 Å². The van der Waals surface area contributed by atoms with E-state index in [4.69, 9.17) is 4.99 Å². The lowest BCUT2D eigenvalue weighted by atomic mass is 9.90. The maximum absolute atomic E-state index is 13.8. The number of hydrogen-bond donors (Lipinski definition) is 1. The lowest BCUT2D eigenvalue weighted by Crippen LogP contribution is -2.40. The zero-order valence-corrected chi connectivity index (χ0v) is 20.3. The van der Waals surface area contributed by atoms with Gasteiger partial charge in [-0.2, -0.15) is 0 Å². The van der Waals surface area contributed by atoms with Gasteiger partial charge < -0.3 is 10.2 Å². The molecule has 1 atom stereocenters. The summed E-state index contributed by atoms with van der Waals surface area (Å²) in [4.78, 5) is 34.5. The average Bonchev–Trinajstić information content (AvgIpc) is 3.22. The summed E-state index contributed by atoms with van der Waals surface area (Å²) in [5.41, 5.74) is 4.02. The number of likely N-dealkylation sites (tertiary alicyclic amines) is 1. The Labute approximate surface area is 210 Å². The highest BCUT2D eigenvalue weighted by molar-refractivity contribution is 6.24. The van der Waals surface area contributed by atoms with E-state index in [1.807, 2.05) is 54.6 Å². The van der Waals surface area contributed by atoms with Gasteiger partial charge in [0.2, 0.25) is 11.8 Å². The summed E-state index contributed by atoms with van der Waals surface area (Å²) in [6.45, 7) is 2.37. The standard InChI is InChI=1S/C29H29FN4O2/c1-33(26(35)19-34-16-6-3-7-17-34)23-13-11-22(12-14-23)31-28(20-8-4-2-5-9-20)27-24-15-10-21(30)18-25(24)32-29(27)36/h2,4-5,8-15,18,27H,3,6-7,16-17,19H2,1H3,(H,32,36). The van der Waals surface area contributed by atoms with Crippen LogP contribution in [0.1, 0.15) is 36.3 Å². The van der Waals surface area contributed by atoms with Crippen LogP contribution in [0.15, 0.2) is 77.8 Å². The molecule has 0 spiro atoms. The fourth-order valence-corrected chi connectivity index (χ4v) is 4.86. The maximum atomic E-state index is 13.8. The number of aliphatic imine (C=N–C) groups is 1. The van der Waals surface area contributed by atoms with Gasteiger partial charge >= 0.3 is 0 Å². The van der Waals surface area contributed by atoms with Crippen LogP contribution in [0, 0.1) is 5.82 Å². The Morgan fingerprint density at radius 1 is 1.03 bits per heavy atom. The highest BCUT2D eigenvalue weighted by Gasteiger charge is 2.35. The van der Waals surface area contributed by atoms with Crippen LogP contribution in [0.5, 0.6) is 0 Å². The van der Waals surface area contributed by atoms with Gasteiger partial charge in [0, 0.05) is 18.4 Å². The van der Waals surface area contributed by atoms with Crippen LogP contribution < -0.4 is 10.2 Å². The third-order valence-corrected chi connectivity index (χ3v) is 6.86. The third kappa shape index (κ3) is 5.06. The van der Waals surface area contributed by atoms with E-state index in [9.17, 15) is 14.0 Å². The van der Waals surface area contributed by atoms with Crippen LogP contribution in [0.2, 0.25) is 0 Å². The summed E-state index contributed by atoms with van der Waals surface area (Å²) in [6, 6.07) is 21.3. The highest BCUT2D eigenvalue weighted by Crippen LogP contribution is 2.36. The van der Waals surface area contributed by atoms with Gasteiger partial charge in [0.25, 0.3) is 0 Å². The molecular weight excluding hydrogens is 455 g/mol. The number of nitrogens with one attached hydrogen (secondary N) is 1. The molecule has 0 aromatic heterocycles. The van der Waals surface area contributed by atoms with Gasteiger partial charge in [0.15, 0.2) is 0 Å². The van der Waals surface area contributed by atoms with Crippen molar-refractivity contribution in [3.63, 3.8) is 0 Å². The minimum Gasteiger partial charge on any atom is -0.325 e. The minimum atomic E-state index is -0.656. The molecule has 184 valence electrons. The van der Waals surface area contributed by atoms with E-state index in [0.29, 0.717) is 29.2 Å². The number of anilines is 2. The number of rotatable bonds is 6. The monoisotopic (exact) mass is 484 g/mol. The highest BCUT2D eigenvalue weighted by atomic mass is 19.1. The topological polar surface area (TPSA) is 65.0 Å². The van der Waals surface area contributed by atoms with Gasteiger partial charge in [-0.1, -0.05) is 42.8 Å². The number of amides is 2. The second-order valence-electron chi connectivity index (χ2n) is 9.32. The van der Waals surface area contributed by atoms with E-state index in [-0.39, 0.29) is 11.8 Å². The summed E-state index contributed by atoms with van der Waals surface area (Å²) < 4.78 is 13.8. The van der Waals surface area contributed by atoms with Crippen molar-refractivity contribution in [1.82, 2.24) is 4.90 Å². The maximum Gasteiger partial charge on any atom is 0.240 e. The molecule has 0 bridgehead atoms. The summed E-state index contributed by atoms with van der Waals surface area (Å²) in [5.74, 6) is -1.23. The molecule has 0 radical (unpaired) electrons. The van der Waals surface area contributed by atoms with Crippen LogP contribution >= 0.6 is 0 Å². The molecular formula is C29H29FN4O2. The first kappa shape index (κ1) is 23.9. The van der Waals surface area contributed by atoms with Crippen molar-refractivity contribution < 1.29 is 14.0 Å². The van der Waals surface area contributed by atoms with E-state index in [0.717, 1.165) is 37.2 Å². The predicted octanol–water partition coefficient (Wildman–Crippen LogP) is 5.13. The number of piperidine rings is 1. The molecule has 1 saturated heterocycles. The number of carbonyl (C=O) groups excluding carboxylic acids is 2. The smallest absolute Gasteiger partial charge is 0.240 e. The van der Waals surface area contributed by atoms with E-state index < -0.39 is 11.7 Å². The van der Waals surface area contributed by atoms with E-state index in [1.54, 1.807) is 18.0 Å². The van der Waals surface area contributed by atoms with Crippen molar-refractivity contribution in [2.45, 2.75) is 25.2 Å². The van der Waals surface area contributed by atoms with Gasteiger partial charge in [-0.3, -0.25) is 19.5 Å². The first-order chi connectivity index (χ1) is 17.5. The molecule has 1 fully saturated rings. The number of nitrogens with zero attached hydrogens (tertiary/aromatic N) is 3. The Balaban J connectivity index is 1.42. The van der Waals surface area contributed by atoms with E-state index in [1.165, 1.54) is 18.6 Å². The van der Waals surface area contributed by atoms with Crippen molar-refractivity contribution in [1.29, 1.82) is 0 Å². The van der Waals surface area contributed by atoms with Gasteiger partial charge in [0.05, 0.1) is 17.9 Å². The van der Waals surface area contributed by atoms with Crippen molar-refractivity contribution in [2.24, 2.45) is 4.99 Å². The zero-order chi connectivity index (χ0) is 25.1. The molecule has 6 nitrogen and oxygen atoms in total. The number of halogens is 1. The summed E-state index contributed by atoms with van der Waals surface area (Å²) in [6.07, 6.45) is 3.52. The predicted molar refractivity (Wildman–Crippen MR) is 141 cm³/mol. The molecule has 1 unspecified atom stereocenters. The Morgan fingerprint density at radius 3 is 2.47 bits per heavy atom. The molecule has 0 aliphatic carbocycles. The summed E-state index contributed by atoms with van der Waals surface area (Å²) >= 11 is 0. The lowest BCUT2D eigenvalue weighted by molar-refractivity contribution is -0.119. The van der Waals surface area contributed by atoms with Crippen LogP contribution in [0.25, 0.3) is 0 Å². The van der Waals surface area contributed by atoms with Crippen LogP contribution in [-0.2, 0) is 9.59 Å². The summed E-state index contributed by atoms with van der Waals surface area (Å²) in [5, 5.41) is 2.79. The average molecular weight is 485 g/mol. The molecule has 2 aliphatic heterocycles. The second kappa shape index (κ2) is 10.4. The Morgan fingerprint density at radius 2 is 1.75 bits per heavy atom.